The Morgan fingerprint density at radius 1 is 0.871 bits per heavy atom. The van der Waals surface area contributed by atoms with Gasteiger partial charge in [0.25, 0.3) is 0 Å². The number of fused-ring (bicyclic) bond motifs is 1. The van der Waals surface area contributed by atoms with E-state index in [1.54, 1.807) is 6.26 Å². The first kappa shape index (κ1) is 19.3. The molecule has 31 heavy (non-hydrogen) atoms. The average Bonchev–Trinajstić information content (AvgIpc) is 3.35. The summed E-state index contributed by atoms with van der Waals surface area (Å²) < 4.78 is 5.53. The molecule has 5 nitrogen and oxygen atoms in total. The Bertz CT molecular complexity index is 1230. The molecule has 0 aliphatic heterocycles. The Morgan fingerprint density at radius 3 is 2.45 bits per heavy atom. The number of hydrogen-bond donors (Lipinski definition) is 2. The summed E-state index contributed by atoms with van der Waals surface area (Å²) >= 11 is 0. The fraction of sp³-hybridized carbons (Fsp3) is 0.231. The van der Waals surface area contributed by atoms with E-state index in [-0.39, 0.29) is 12.1 Å². The lowest BCUT2D eigenvalue weighted by Gasteiger charge is -2.27. The van der Waals surface area contributed by atoms with E-state index in [9.17, 15) is 5.11 Å². The van der Waals surface area contributed by atoms with Gasteiger partial charge >= 0.3 is 0 Å². The Morgan fingerprint density at radius 2 is 1.68 bits per heavy atom. The Labute approximate surface area is 181 Å². The molecule has 2 heterocycles. The fourth-order valence-corrected chi connectivity index (χ4v) is 3.91. The second-order valence-electron chi connectivity index (χ2n) is 7.87. The molecule has 0 amide bonds. The lowest BCUT2D eigenvalue weighted by atomic mass is 9.93. The Balaban J connectivity index is 1.54. The smallest absolute Gasteiger partial charge is 0.198 e. The molecule has 1 aliphatic carbocycles. The van der Waals surface area contributed by atoms with Gasteiger partial charge in [-0.15, -0.1) is 0 Å². The van der Waals surface area contributed by atoms with Gasteiger partial charge in [-0.25, -0.2) is 9.97 Å². The predicted molar refractivity (Wildman–Crippen MR) is 122 cm³/mol. The van der Waals surface area contributed by atoms with Gasteiger partial charge in [-0.1, -0.05) is 30.0 Å². The minimum atomic E-state index is -0.196. The Kier molecular flexibility index (Phi) is 5.39. The van der Waals surface area contributed by atoms with Crippen LogP contribution in [0, 0.1) is 11.8 Å². The number of hydrogen-bond acceptors (Lipinski definition) is 5. The van der Waals surface area contributed by atoms with E-state index >= 15 is 0 Å². The number of nitrogens with one attached hydrogen (secondary N) is 1. The number of rotatable bonds is 3. The molecule has 2 aromatic carbocycles. The number of aliphatic hydroxyl groups is 1. The number of furan rings is 1. The number of anilines is 1. The molecule has 1 fully saturated rings. The van der Waals surface area contributed by atoms with E-state index in [1.807, 2.05) is 60.7 Å². The summed E-state index contributed by atoms with van der Waals surface area (Å²) in [5.74, 6) is 8.43. The number of aliphatic hydroxyl groups excluding tert-OH is 1. The number of aromatic nitrogens is 2. The molecule has 1 aliphatic rings. The van der Waals surface area contributed by atoms with Crippen LogP contribution in [0.15, 0.2) is 71.3 Å². The van der Waals surface area contributed by atoms with Gasteiger partial charge in [0.15, 0.2) is 11.6 Å². The van der Waals surface area contributed by atoms with Crippen LogP contribution in [0.5, 0.6) is 0 Å². The summed E-state index contributed by atoms with van der Waals surface area (Å²) in [6.45, 7) is 0. The molecule has 0 spiro atoms. The predicted octanol–water partition coefficient (Wildman–Crippen LogP) is 5.01. The third-order valence-corrected chi connectivity index (χ3v) is 5.60. The maximum atomic E-state index is 9.84. The second-order valence-corrected chi connectivity index (χ2v) is 7.87. The zero-order valence-electron chi connectivity index (χ0n) is 17.1. The van der Waals surface area contributed by atoms with Crippen molar-refractivity contribution in [1.82, 2.24) is 9.97 Å². The molecule has 4 aromatic rings. The van der Waals surface area contributed by atoms with Crippen LogP contribution in [0.3, 0.4) is 0 Å². The van der Waals surface area contributed by atoms with Crippen molar-refractivity contribution in [2.24, 2.45) is 0 Å². The summed E-state index contributed by atoms with van der Waals surface area (Å²) in [4.78, 5) is 9.50. The standard InChI is InChI=1S/C26H23N3O2/c30-21-13-11-20(12-14-21)27-25-22-17-19(9-8-18-5-2-1-3-6-18)10-15-23(22)28-26(29-25)24-7-4-16-31-24/h1-7,10,15-17,20-21,30H,11-14H2,(H,27,28,29). The van der Waals surface area contributed by atoms with Crippen LogP contribution in [0.2, 0.25) is 0 Å². The highest BCUT2D eigenvalue weighted by Crippen LogP contribution is 2.29. The first-order valence-corrected chi connectivity index (χ1v) is 10.6. The minimum Gasteiger partial charge on any atom is -0.461 e. The van der Waals surface area contributed by atoms with E-state index < -0.39 is 0 Å². The quantitative estimate of drug-likeness (QED) is 0.466. The highest BCUT2D eigenvalue weighted by Gasteiger charge is 2.21. The van der Waals surface area contributed by atoms with Crippen LogP contribution in [-0.2, 0) is 0 Å². The molecular weight excluding hydrogens is 386 g/mol. The molecule has 0 bridgehead atoms. The van der Waals surface area contributed by atoms with Gasteiger partial charge in [0.2, 0.25) is 0 Å². The van der Waals surface area contributed by atoms with E-state index in [2.05, 4.69) is 17.2 Å². The maximum absolute atomic E-state index is 9.84. The molecule has 5 heteroatoms. The van der Waals surface area contributed by atoms with Crippen molar-refractivity contribution in [3.05, 3.63) is 78.1 Å². The van der Waals surface area contributed by atoms with Gasteiger partial charge in [0, 0.05) is 22.6 Å². The average molecular weight is 409 g/mol. The van der Waals surface area contributed by atoms with Gasteiger partial charge in [-0.05, 0) is 68.1 Å². The molecule has 2 aromatic heterocycles. The van der Waals surface area contributed by atoms with Crippen molar-refractivity contribution in [3.8, 4) is 23.4 Å². The van der Waals surface area contributed by atoms with Crippen molar-refractivity contribution in [3.63, 3.8) is 0 Å². The SMILES string of the molecule is OC1CCC(Nc2nc(-c3ccco3)nc3ccc(C#Cc4ccccc4)cc23)CC1. The van der Waals surface area contributed by atoms with Crippen LogP contribution in [-0.4, -0.2) is 27.2 Å². The monoisotopic (exact) mass is 409 g/mol. The van der Waals surface area contributed by atoms with Gasteiger partial charge < -0.3 is 14.8 Å². The van der Waals surface area contributed by atoms with Gasteiger partial charge in [0.1, 0.15) is 5.82 Å². The van der Waals surface area contributed by atoms with E-state index in [0.29, 0.717) is 11.6 Å². The van der Waals surface area contributed by atoms with Crippen molar-refractivity contribution < 1.29 is 9.52 Å². The zero-order chi connectivity index (χ0) is 21.0. The maximum Gasteiger partial charge on any atom is 0.198 e. The molecule has 0 unspecified atom stereocenters. The highest BCUT2D eigenvalue weighted by molar-refractivity contribution is 5.91. The van der Waals surface area contributed by atoms with Crippen molar-refractivity contribution in [2.75, 3.05) is 5.32 Å². The van der Waals surface area contributed by atoms with Crippen molar-refractivity contribution in [1.29, 1.82) is 0 Å². The summed E-state index contributed by atoms with van der Waals surface area (Å²) in [6, 6.07) is 19.9. The summed E-state index contributed by atoms with van der Waals surface area (Å²) in [7, 11) is 0. The lowest BCUT2D eigenvalue weighted by Crippen LogP contribution is -2.28. The van der Waals surface area contributed by atoms with Crippen molar-refractivity contribution >= 4 is 16.7 Å². The van der Waals surface area contributed by atoms with E-state index in [4.69, 9.17) is 14.4 Å². The number of nitrogens with zero attached hydrogens (tertiary/aromatic N) is 2. The molecule has 0 radical (unpaired) electrons. The largest absolute Gasteiger partial charge is 0.461 e. The first-order chi connectivity index (χ1) is 15.2. The molecule has 0 saturated heterocycles. The third kappa shape index (κ3) is 4.45. The molecule has 5 rings (SSSR count). The van der Waals surface area contributed by atoms with E-state index in [1.165, 1.54) is 0 Å². The number of benzene rings is 2. The zero-order valence-corrected chi connectivity index (χ0v) is 17.1. The van der Waals surface area contributed by atoms with Crippen LogP contribution >= 0.6 is 0 Å². The van der Waals surface area contributed by atoms with E-state index in [0.717, 1.165) is 53.5 Å². The Hall–Kier alpha value is -3.62. The lowest BCUT2D eigenvalue weighted by molar-refractivity contribution is 0.126. The van der Waals surface area contributed by atoms with Crippen LogP contribution < -0.4 is 5.32 Å². The van der Waals surface area contributed by atoms with Gasteiger partial charge in [0.05, 0.1) is 17.9 Å². The van der Waals surface area contributed by atoms with Crippen LogP contribution in [0.4, 0.5) is 5.82 Å². The fourth-order valence-electron chi connectivity index (χ4n) is 3.91. The summed E-state index contributed by atoms with van der Waals surface area (Å²) in [5.41, 5.74) is 2.73. The molecular formula is C26H23N3O2. The second kappa shape index (κ2) is 8.63. The minimum absolute atomic E-state index is 0.196. The van der Waals surface area contributed by atoms with Crippen LogP contribution in [0.25, 0.3) is 22.5 Å². The topological polar surface area (TPSA) is 71.2 Å². The first-order valence-electron chi connectivity index (χ1n) is 10.6. The van der Waals surface area contributed by atoms with Gasteiger partial charge in [-0.3, -0.25) is 0 Å². The van der Waals surface area contributed by atoms with Crippen molar-refractivity contribution in [2.45, 2.75) is 37.8 Å². The summed E-state index contributed by atoms with van der Waals surface area (Å²) in [5, 5.41) is 14.4. The highest BCUT2D eigenvalue weighted by atomic mass is 16.3. The molecule has 1 saturated carbocycles. The molecule has 0 atom stereocenters. The third-order valence-electron chi connectivity index (χ3n) is 5.60. The van der Waals surface area contributed by atoms with Gasteiger partial charge in [-0.2, -0.15) is 0 Å². The normalized spacial score (nSPS) is 18.4. The molecule has 154 valence electrons. The molecule has 2 N–H and O–H groups in total. The summed E-state index contributed by atoms with van der Waals surface area (Å²) in [6.07, 6.45) is 4.87. The van der Waals surface area contributed by atoms with Crippen LogP contribution in [0.1, 0.15) is 36.8 Å².